The van der Waals surface area contributed by atoms with Gasteiger partial charge in [-0.1, -0.05) is 13.8 Å². The largest absolute Gasteiger partial charge is 0.464 e. The van der Waals surface area contributed by atoms with Crippen LogP contribution in [-0.2, 0) is 23.9 Å². The second kappa shape index (κ2) is 12.7. The van der Waals surface area contributed by atoms with Crippen molar-refractivity contribution in [3.63, 3.8) is 0 Å². The number of esters is 1. The van der Waals surface area contributed by atoms with E-state index in [4.69, 9.17) is 10.8 Å². The quantitative estimate of drug-likeness (QED) is 0.289. The molecule has 2 amide bonds. The van der Waals surface area contributed by atoms with Crippen LogP contribution in [0.3, 0.4) is 0 Å². The van der Waals surface area contributed by atoms with E-state index in [1.165, 1.54) is 0 Å². The fourth-order valence-electron chi connectivity index (χ4n) is 4.85. The van der Waals surface area contributed by atoms with E-state index >= 15 is 0 Å². The van der Waals surface area contributed by atoms with Crippen molar-refractivity contribution in [1.82, 2.24) is 15.1 Å². The van der Waals surface area contributed by atoms with Crippen LogP contribution in [0, 0.1) is 35.5 Å². The summed E-state index contributed by atoms with van der Waals surface area (Å²) in [5.41, 5.74) is 0. The highest BCUT2D eigenvalue weighted by molar-refractivity contribution is 5.77. The monoisotopic (exact) mass is 476 g/mol. The zero-order valence-electron chi connectivity index (χ0n) is 21.2. The van der Waals surface area contributed by atoms with Crippen LogP contribution in [0.25, 0.3) is 0 Å². The van der Waals surface area contributed by atoms with E-state index in [1.54, 1.807) is 23.6 Å². The third-order valence-corrected chi connectivity index (χ3v) is 6.97. The smallest absolute Gasteiger partial charge is 0.407 e. The number of rotatable bonds is 10. The summed E-state index contributed by atoms with van der Waals surface area (Å²) in [4.78, 5) is 51.4. The molecule has 34 heavy (non-hydrogen) atoms. The first-order chi connectivity index (χ1) is 16.8. The van der Waals surface area contributed by atoms with Crippen LogP contribution >= 0.6 is 0 Å². The average Bonchev–Trinajstić information content (AvgIpc) is 3.44. The number of nitrogens with zero attached hydrogens (tertiary/aromatic N) is 2. The lowest BCUT2D eigenvalue weighted by Crippen LogP contribution is -2.57. The molecule has 0 aromatic rings. The number of carbonyl (C=O) groups excluding carboxylic acids is 4. The molecule has 188 valence electrons. The highest BCUT2D eigenvalue weighted by Gasteiger charge is 2.49. The van der Waals surface area contributed by atoms with Crippen molar-refractivity contribution >= 4 is 24.2 Å². The molecule has 0 aromatic carbocycles. The molecule has 9 nitrogen and oxygen atoms in total. The van der Waals surface area contributed by atoms with Crippen LogP contribution in [0.1, 0.15) is 47.3 Å². The van der Waals surface area contributed by atoms with E-state index in [2.05, 4.69) is 17.2 Å². The summed E-state index contributed by atoms with van der Waals surface area (Å²) >= 11 is 0. The van der Waals surface area contributed by atoms with Crippen LogP contribution in [0.5, 0.6) is 0 Å². The van der Waals surface area contributed by atoms with Crippen molar-refractivity contribution in [2.75, 3.05) is 45.9 Å². The molecular weight excluding hydrogens is 438 g/mol. The predicted octanol–water partition coefficient (Wildman–Crippen LogP) is 1.45. The Kier molecular flexibility index (Phi) is 9.19. The summed E-state index contributed by atoms with van der Waals surface area (Å²) in [6, 6.07) is -0.358. The lowest BCUT2D eigenvalue weighted by atomic mass is 10.1. The Morgan fingerprint density at radius 3 is 2.47 bits per heavy atom. The number of hydrogen-bond donors (Lipinski definition) is 1. The van der Waals surface area contributed by atoms with E-state index in [1.807, 2.05) is 0 Å². The second-order valence-electron chi connectivity index (χ2n) is 9.59. The molecule has 1 heterocycles. The minimum atomic E-state index is -0.724. The number of fused-ring (bicyclic) bond motifs is 1. The van der Waals surface area contributed by atoms with Crippen molar-refractivity contribution < 1.29 is 30.0 Å². The zero-order valence-corrected chi connectivity index (χ0v) is 20.2. The molecule has 9 heteroatoms. The summed E-state index contributed by atoms with van der Waals surface area (Å²) in [5, 5.41) is 2.66. The number of hydrogen-bond acceptors (Lipinski definition) is 7. The Morgan fingerprint density at radius 2 is 1.82 bits per heavy atom. The fourth-order valence-corrected chi connectivity index (χ4v) is 4.85. The van der Waals surface area contributed by atoms with Crippen LogP contribution in [0.15, 0.2) is 0 Å². The van der Waals surface area contributed by atoms with Crippen molar-refractivity contribution in [2.24, 2.45) is 23.7 Å². The molecule has 2 fully saturated rings. The summed E-state index contributed by atoms with van der Waals surface area (Å²) < 4.78 is 18.0. The number of nitrogens with one attached hydrogen (secondary N) is 1. The molecule has 3 rings (SSSR count). The second-order valence-corrected chi connectivity index (χ2v) is 9.59. The lowest BCUT2D eigenvalue weighted by molar-refractivity contribution is -0.150. The highest BCUT2D eigenvalue weighted by atomic mass is 16.5. The Balaban J connectivity index is 1.37. The Labute approximate surface area is 203 Å². The van der Waals surface area contributed by atoms with Gasteiger partial charge in [-0.2, -0.15) is 0 Å². The van der Waals surface area contributed by atoms with Gasteiger partial charge in [0.1, 0.15) is 14.2 Å². The van der Waals surface area contributed by atoms with Gasteiger partial charge in [0.05, 0.1) is 25.1 Å². The van der Waals surface area contributed by atoms with E-state index in [0.29, 0.717) is 37.5 Å². The summed E-state index contributed by atoms with van der Waals surface area (Å²) in [6.07, 6.45) is 2.87. The molecule has 1 saturated carbocycles. The van der Waals surface area contributed by atoms with Gasteiger partial charge >= 0.3 is 12.1 Å². The predicted molar refractivity (Wildman–Crippen MR) is 124 cm³/mol. The van der Waals surface area contributed by atoms with Gasteiger partial charge in [-0.15, -0.1) is 11.8 Å². The maximum absolute atomic E-state index is 12.7. The number of aldehydes is 1. The molecule has 3 aliphatic rings. The minimum absolute atomic E-state index is 0.0495. The molecule has 0 radical (unpaired) electrons. The molecule has 2 aliphatic carbocycles. The Hall–Kier alpha value is -2.60. The normalized spacial score (nSPS) is 26.7. The zero-order chi connectivity index (χ0) is 25.4. The number of piperazine rings is 1. The van der Waals surface area contributed by atoms with E-state index in [0.717, 1.165) is 25.7 Å². The standard InChI is InChI=1S/C25H37N3O6/c1-18(2)24(31)33-16-19-15-28(12-11-27(19)13-14-29)23(30)9-10-26-25(32)34-17-22-20-7-5-3-4-6-8-21(20)22/h14,18-22H,5-13,15-17H2,1-2H3,(H,26,32)/t19?,20-,21+,22?/i14D. The van der Waals surface area contributed by atoms with Gasteiger partial charge in [0, 0.05) is 45.4 Å². The topological polar surface area (TPSA) is 105 Å². The van der Waals surface area contributed by atoms with E-state index in [-0.39, 0.29) is 56.5 Å². The van der Waals surface area contributed by atoms with Crippen molar-refractivity contribution in [3.8, 4) is 11.8 Å². The van der Waals surface area contributed by atoms with Gasteiger partial charge in [-0.05, 0) is 30.6 Å². The summed E-state index contributed by atoms with van der Waals surface area (Å²) in [6.45, 7) is 5.11. The van der Waals surface area contributed by atoms with Crippen molar-refractivity contribution in [2.45, 2.75) is 52.0 Å². The minimum Gasteiger partial charge on any atom is -0.464 e. The number of carbonyl (C=O) groups is 4. The van der Waals surface area contributed by atoms with Gasteiger partial charge in [0.15, 0.2) is 0 Å². The third-order valence-electron chi connectivity index (χ3n) is 6.97. The molecule has 1 N–H and O–H groups in total. The molecule has 0 spiro atoms. The molecule has 4 atom stereocenters. The highest BCUT2D eigenvalue weighted by Crippen LogP contribution is 2.52. The summed E-state index contributed by atoms with van der Waals surface area (Å²) in [7, 11) is 0. The van der Waals surface area contributed by atoms with Crippen LogP contribution in [-0.4, -0.2) is 86.0 Å². The van der Waals surface area contributed by atoms with Crippen molar-refractivity contribution in [1.29, 1.82) is 0 Å². The Morgan fingerprint density at radius 1 is 1.12 bits per heavy atom. The molecule has 0 bridgehead atoms. The fraction of sp³-hybridized carbons (Fsp3) is 0.760. The van der Waals surface area contributed by atoms with Crippen molar-refractivity contribution in [3.05, 3.63) is 0 Å². The number of amides is 2. The first kappa shape index (κ1) is 24.5. The average molecular weight is 477 g/mol. The van der Waals surface area contributed by atoms with Gasteiger partial charge in [0.2, 0.25) is 5.91 Å². The van der Waals surface area contributed by atoms with Gasteiger partial charge in [-0.25, -0.2) is 4.79 Å². The number of ether oxygens (including phenoxy) is 2. The van der Waals surface area contributed by atoms with E-state index < -0.39 is 12.4 Å². The van der Waals surface area contributed by atoms with E-state index in [9.17, 15) is 19.2 Å². The lowest BCUT2D eigenvalue weighted by Gasteiger charge is -2.40. The molecule has 2 unspecified atom stereocenters. The maximum Gasteiger partial charge on any atom is 0.407 e. The SMILES string of the molecule is [2H]C(=O)CN1CCN(C(=O)CCNC(=O)OCC2[C@H]3CCC#CCC[C@@H]23)CC1COC(=O)C(C)C. The molecule has 1 aliphatic heterocycles. The first-order valence-corrected chi connectivity index (χ1v) is 12.3. The molecular formula is C25H37N3O6. The van der Waals surface area contributed by atoms with Gasteiger partial charge < -0.3 is 24.5 Å². The first-order valence-electron chi connectivity index (χ1n) is 12.8. The van der Waals surface area contributed by atoms with Crippen LogP contribution in [0.2, 0.25) is 0 Å². The molecule has 1 saturated heterocycles. The van der Waals surface area contributed by atoms with Gasteiger partial charge in [0.25, 0.3) is 0 Å². The van der Waals surface area contributed by atoms with Crippen LogP contribution < -0.4 is 5.32 Å². The summed E-state index contributed by atoms with van der Waals surface area (Å²) in [5.74, 6) is 7.21. The molecule has 0 aromatic heterocycles. The van der Waals surface area contributed by atoms with Gasteiger partial charge in [-0.3, -0.25) is 14.5 Å². The third kappa shape index (κ3) is 7.45. The van der Waals surface area contributed by atoms with Crippen LogP contribution in [0.4, 0.5) is 4.79 Å². The Bertz CT molecular complexity index is 836. The number of alkyl carbamates (subject to hydrolysis) is 1. The maximum atomic E-state index is 12.7.